The first-order chi connectivity index (χ1) is 8.72. The number of rotatable bonds is 5. The predicted octanol–water partition coefficient (Wildman–Crippen LogP) is 0.480. The first-order valence-corrected chi connectivity index (χ1v) is 7.47. The predicted molar refractivity (Wildman–Crippen MR) is 72.0 cm³/mol. The van der Waals surface area contributed by atoms with Gasteiger partial charge in [0.25, 0.3) is 0 Å². The topological polar surface area (TPSA) is 49.4 Å². The second kappa shape index (κ2) is 6.14. The lowest BCUT2D eigenvalue weighted by molar-refractivity contribution is -0.133. The molecule has 1 N–H and O–H groups in total. The third kappa shape index (κ3) is 3.42. The molecule has 2 rings (SSSR count). The fraction of sp³-hybridized carbons (Fsp3) is 0.692. The van der Waals surface area contributed by atoms with Crippen LogP contribution < -0.4 is 5.32 Å². The summed E-state index contributed by atoms with van der Waals surface area (Å²) in [5.74, 6) is 4.52. The van der Waals surface area contributed by atoms with Gasteiger partial charge in [-0.3, -0.25) is 9.59 Å². The number of nitrogens with zero attached hydrogens (tertiary/aromatic N) is 1. The summed E-state index contributed by atoms with van der Waals surface area (Å²) in [5, 5.41) is 2.85. The lowest BCUT2D eigenvalue weighted by Crippen LogP contribution is -2.46. The second-order valence-corrected chi connectivity index (χ2v) is 5.82. The highest BCUT2D eigenvalue weighted by Crippen LogP contribution is 2.34. The van der Waals surface area contributed by atoms with Gasteiger partial charge >= 0.3 is 0 Å². The highest BCUT2D eigenvalue weighted by atomic mass is 32.2. The molecule has 1 saturated heterocycles. The van der Waals surface area contributed by atoms with Gasteiger partial charge in [-0.25, -0.2) is 0 Å². The van der Waals surface area contributed by atoms with Gasteiger partial charge in [0.1, 0.15) is 6.04 Å². The third-order valence-electron chi connectivity index (χ3n) is 3.29. The highest BCUT2D eigenvalue weighted by Gasteiger charge is 2.40. The van der Waals surface area contributed by atoms with Gasteiger partial charge < -0.3 is 10.2 Å². The van der Waals surface area contributed by atoms with Crippen LogP contribution in [0.3, 0.4) is 0 Å². The fourth-order valence-electron chi connectivity index (χ4n) is 2.13. The van der Waals surface area contributed by atoms with Crippen molar-refractivity contribution in [1.82, 2.24) is 10.2 Å². The Labute approximate surface area is 112 Å². The molecule has 2 fully saturated rings. The standard InChI is InChI=1S/C13H18N2O2S/c1-2-8-18-9-7-15-6-5-11(16)14-12(13(15)17)10-3-4-10/h1,10,12H,3-9H2,(H,14,16). The van der Waals surface area contributed by atoms with Gasteiger partial charge in [-0.15, -0.1) is 18.2 Å². The van der Waals surface area contributed by atoms with Crippen LogP contribution in [-0.2, 0) is 9.59 Å². The van der Waals surface area contributed by atoms with Gasteiger partial charge in [0, 0.05) is 25.3 Å². The monoisotopic (exact) mass is 266 g/mol. The smallest absolute Gasteiger partial charge is 0.245 e. The van der Waals surface area contributed by atoms with Crippen molar-refractivity contribution in [3.63, 3.8) is 0 Å². The van der Waals surface area contributed by atoms with Crippen molar-refractivity contribution in [2.45, 2.75) is 25.3 Å². The molecule has 0 aromatic heterocycles. The zero-order chi connectivity index (χ0) is 13.0. The minimum atomic E-state index is -0.280. The SMILES string of the molecule is C#CCSCCN1CCC(=O)NC(C2CC2)C1=O. The molecule has 1 unspecified atom stereocenters. The summed E-state index contributed by atoms with van der Waals surface area (Å²) in [6.45, 7) is 1.22. The number of terminal acetylenes is 1. The van der Waals surface area contributed by atoms with E-state index in [9.17, 15) is 9.59 Å². The van der Waals surface area contributed by atoms with Gasteiger partial charge in [0.2, 0.25) is 11.8 Å². The maximum absolute atomic E-state index is 12.3. The Hall–Kier alpha value is -1.15. The number of hydrogen-bond donors (Lipinski definition) is 1. The Kier molecular flexibility index (Phi) is 4.54. The Morgan fingerprint density at radius 2 is 2.22 bits per heavy atom. The van der Waals surface area contributed by atoms with E-state index in [4.69, 9.17) is 6.42 Å². The van der Waals surface area contributed by atoms with Gasteiger partial charge in [-0.2, -0.15) is 0 Å². The van der Waals surface area contributed by atoms with Crippen molar-refractivity contribution in [2.24, 2.45) is 5.92 Å². The molecule has 1 saturated carbocycles. The van der Waals surface area contributed by atoms with Crippen molar-refractivity contribution < 1.29 is 9.59 Å². The summed E-state index contributed by atoms with van der Waals surface area (Å²) in [6.07, 6.45) is 7.70. The van der Waals surface area contributed by atoms with Crippen LogP contribution in [0, 0.1) is 18.3 Å². The summed E-state index contributed by atoms with van der Waals surface area (Å²) in [4.78, 5) is 25.7. The largest absolute Gasteiger partial charge is 0.344 e. The van der Waals surface area contributed by atoms with Crippen molar-refractivity contribution in [3.05, 3.63) is 0 Å². The number of carbonyl (C=O) groups excluding carboxylic acids is 2. The van der Waals surface area contributed by atoms with E-state index in [0.717, 1.165) is 18.6 Å². The summed E-state index contributed by atoms with van der Waals surface area (Å²) >= 11 is 1.65. The molecule has 0 bridgehead atoms. The molecule has 18 heavy (non-hydrogen) atoms. The third-order valence-corrected chi connectivity index (χ3v) is 4.13. The number of carbonyl (C=O) groups is 2. The molecule has 0 spiro atoms. The normalized spacial score (nSPS) is 24.4. The lowest BCUT2D eigenvalue weighted by Gasteiger charge is -2.23. The van der Waals surface area contributed by atoms with Crippen molar-refractivity contribution in [1.29, 1.82) is 0 Å². The molecule has 1 heterocycles. The molecule has 0 radical (unpaired) electrons. The van der Waals surface area contributed by atoms with E-state index in [2.05, 4.69) is 11.2 Å². The molecule has 98 valence electrons. The van der Waals surface area contributed by atoms with Crippen LogP contribution in [0.1, 0.15) is 19.3 Å². The number of hydrogen-bond acceptors (Lipinski definition) is 3. The summed E-state index contributed by atoms with van der Waals surface area (Å²) in [6, 6.07) is -0.280. The molecule has 1 aliphatic carbocycles. The maximum Gasteiger partial charge on any atom is 0.245 e. The van der Waals surface area contributed by atoms with Gasteiger partial charge in [-0.1, -0.05) is 5.92 Å². The zero-order valence-corrected chi connectivity index (χ0v) is 11.2. The molecule has 5 heteroatoms. The summed E-state index contributed by atoms with van der Waals surface area (Å²) in [5.41, 5.74) is 0. The van der Waals surface area contributed by atoms with Crippen molar-refractivity contribution >= 4 is 23.6 Å². The average Bonchev–Trinajstić information content (AvgIpc) is 3.18. The summed E-state index contributed by atoms with van der Waals surface area (Å²) < 4.78 is 0. The van der Waals surface area contributed by atoms with E-state index < -0.39 is 0 Å². The molecular formula is C13H18N2O2S. The van der Waals surface area contributed by atoms with E-state index in [1.165, 1.54) is 0 Å². The van der Waals surface area contributed by atoms with E-state index >= 15 is 0 Å². The molecule has 0 aromatic carbocycles. The van der Waals surface area contributed by atoms with Crippen LogP contribution in [-0.4, -0.2) is 47.4 Å². The van der Waals surface area contributed by atoms with E-state index in [1.54, 1.807) is 11.8 Å². The molecule has 2 aliphatic rings. The lowest BCUT2D eigenvalue weighted by atomic mass is 10.1. The van der Waals surface area contributed by atoms with Crippen molar-refractivity contribution in [3.8, 4) is 12.3 Å². The Morgan fingerprint density at radius 3 is 2.89 bits per heavy atom. The molecule has 4 nitrogen and oxygen atoms in total. The van der Waals surface area contributed by atoms with Crippen LogP contribution in [0.4, 0.5) is 0 Å². The Bertz CT molecular complexity index is 374. The molecular weight excluding hydrogens is 248 g/mol. The van der Waals surface area contributed by atoms with Gasteiger partial charge in [-0.05, 0) is 18.8 Å². The van der Waals surface area contributed by atoms with Crippen LogP contribution in [0.2, 0.25) is 0 Å². The van der Waals surface area contributed by atoms with Crippen LogP contribution in [0.5, 0.6) is 0 Å². The summed E-state index contributed by atoms with van der Waals surface area (Å²) in [7, 11) is 0. The van der Waals surface area contributed by atoms with Crippen molar-refractivity contribution in [2.75, 3.05) is 24.6 Å². The Morgan fingerprint density at radius 1 is 1.44 bits per heavy atom. The van der Waals surface area contributed by atoms with E-state index in [0.29, 0.717) is 31.2 Å². The van der Waals surface area contributed by atoms with Crippen LogP contribution >= 0.6 is 11.8 Å². The van der Waals surface area contributed by atoms with Gasteiger partial charge in [0.15, 0.2) is 0 Å². The minimum Gasteiger partial charge on any atom is -0.344 e. The van der Waals surface area contributed by atoms with Crippen LogP contribution in [0.15, 0.2) is 0 Å². The Balaban J connectivity index is 1.89. The highest BCUT2D eigenvalue weighted by molar-refractivity contribution is 7.99. The molecule has 0 aromatic rings. The number of thioether (sulfide) groups is 1. The molecule has 1 atom stereocenters. The van der Waals surface area contributed by atoms with Crippen LogP contribution in [0.25, 0.3) is 0 Å². The maximum atomic E-state index is 12.3. The van der Waals surface area contributed by atoms with E-state index in [-0.39, 0.29) is 17.9 Å². The first kappa shape index (κ1) is 13.3. The average molecular weight is 266 g/mol. The zero-order valence-electron chi connectivity index (χ0n) is 10.4. The quantitative estimate of drug-likeness (QED) is 0.582. The number of amides is 2. The first-order valence-electron chi connectivity index (χ1n) is 6.31. The fourth-order valence-corrected chi connectivity index (χ4v) is 2.74. The van der Waals surface area contributed by atoms with E-state index in [1.807, 2.05) is 4.90 Å². The molecule has 1 aliphatic heterocycles. The minimum absolute atomic E-state index is 0.000900. The molecule has 2 amide bonds. The number of nitrogens with one attached hydrogen (secondary N) is 1. The second-order valence-electron chi connectivity index (χ2n) is 4.71. The van der Waals surface area contributed by atoms with Gasteiger partial charge in [0.05, 0.1) is 5.75 Å².